The lowest BCUT2D eigenvalue weighted by Crippen LogP contribution is -2.51. The average Bonchev–Trinajstić information content (AvgIpc) is 2.12. The van der Waals surface area contributed by atoms with Gasteiger partial charge < -0.3 is 15.0 Å². The summed E-state index contributed by atoms with van der Waals surface area (Å²) in [5.41, 5.74) is 0. The zero-order valence-corrected chi connectivity index (χ0v) is 9.25. The van der Waals surface area contributed by atoms with Gasteiger partial charge in [0.15, 0.2) is 0 Å². The van der Waals surface area contributed by atoms with E-state index in [9.17, 15) is 4.79 Å². The Morgan fingerprint density at radius 3 is 2.50 bits per heavy atom. The molecule has 1 N–H and O–H groups in total. The van der Waals surface area contributed by atoms with Crippen molar-refractivity contribution in [1.82, 2.24) is 10.2 Å². The number of morpholine rings is 1. The zero-order chi connectivity index (χ0) is 10.6. The minimum absolute atomic E-state index is 0.0360. The van der Waals surface area contributed by atoms with Gasteiger partial charge in [0.25, 0.3) is 0 Å². The van der Waals surface area contributed by atoms with Gasteiger partial charge in [-0.05, 0) is 20.3 Å². The molecule has 0 radical (unpaired) electrons. The number of carbonyl (C=O) groups is 1. The molecule has 4 heteroatoms. The second-order valence-electron chi connectivity index (χ2n) is 3.89. The molecule has 0 bridgehead atoms. The molecule has 4 nitrogen and oxygen atoms in total. The average molecular weight is 200 g/mol. The third-order valence-corrected chi connectivity index (χ3v) is 2.23. The van der Waals surface area contributed by atoms with Crippen LogP contribution in [-0.4, -0.2) is 42.8 Å². The summed E-state index contributed by atoms with van der Waals surface area (Å²) in [4.78, 5) is 13.4. The van der Waals surface area contributed by atoms with Crippen molar-refractivity contribution in [3.63, 3.8) is 0 Å². The second-order valence-corrected chi connectivity index (χ2v) is 3.89. The Balaban J connectivity index is 2.38. The number of hydrogen-bond donors (Lipinski definition) is 1. The lowest BCUT2D eigenvalue weighted by molar-refractivity contribution is -0.0544. The zero-order valence-electron chi connectivity index (χ0n) is 9.25. The summed E-state index contributed by atoms with van der Waals surface area (Å²) in [6.45, 7) is 8.18. The molecule has 0 spiro atoms. The normalized spacial score (nSPS) is 27.5. The lowest BCUT2D eigenvalue weighted by Gasteiger charge is -2.35. The van der Waals surface area contributed by atoms with E-state index in [4.69, 9.17) is 4.74 Å². The largest absolute Gasteiger partial charge is 0.372 e. The molecule has 1 heterocycles. The van der Waals surface area contributed by atoms with Gasteiger partial charge in [0.05, 0.1) is 12.2 Å². The number of amides is 2. The van der Waals surface area contributed by atoms with Crippen molar-refractivity contribution < 1.29 is 9.53 Å². The van der Waals surface area contributed by atoms with E-state index in [0.29, 0.717) is 13.1 Å². The summed E-state index contributed by atoms with van der Waals surface area (Å²) in [7, 11) is 0. The molecule has 2 amide bonds. The highest BCUT2D eigenvalue weighted by Gasteiger charge is 2.25. The topological polar surface area (TPSA) is 41.6 Å². The number of hydrogen-bond acceptors (Lipinski definition) is 2. The van der Waals surface area contributed by atoms with Gasteiger partial charge in [-0.15, -0.1) is 0 Å². The quantitative estimate of drug-likeness (QED) is 0.728. The SMILES string of the molecule is CCCNC(=O)N1C[C@@H](C)O[C@H](C)C1. The molecule has 1 saturated heterocycles. The van der Waals surface area contributed by atoms with Crippen molar-refractivity contribution in [2.75, 3.05) is 19.6 Å². The van der Waals surface area contributed by atoms with Crippen LogP contribution < -0.4 is 5.32 Å². The molecule has 0 aromatic rings. The number of carbonyl (C=O) groups excluding carboxylic acids is 1. The molecule has 0 unspecified atom stereocenters. The van der Waals surface area contributed by atoms with Gasteiger partial charge in [-0.25, -0.2) is 4.79 Å². The molecule has 1 aliphatic heterocycles. The fraction of sp³-hybridized carbons (Fsp3) is 0.900. The molecule has 1 fully saturated rings. The maximum Gasteiger partial charge on any atom is 0.317 e. The summed E-state index contributed by atoms with van der Waals surface area (Å²) in [6, 6.07) is 0.0360. The molecule has 0 aliphatic carbocycles. The van der Waals surface area contributed by atoms with Crippen LogP contribution in [0.5, 0.6) is 0 Å². The van der Waals surface area contributed by atoms with E-state index >= 15 is 0 Å². The van der Waals surface area contributed by atoms with Gasteiger partial charge in [0.2, 0.25) is 0 Å². The predicted octanol–water partition coefficient (Wildman–Crippen LogP) is 1.22. The minimum atomic E-state index is 0.0360. The van der Waals surface area contributed by atoms with Crippen molar-refractivity contribution in [2.45, 2.75) is 39.4 Å². The molecule has 0 aromatic heterocycles. The highest BCUT2D eigenvalue weighted by molar-refractivity contribution is 5.74. The van der Waals surface area contributed by atoms with Crippen LogP contribution in [0.2, 0.25) is 0 Å². The van der Waals surface area contributed by atoms with E-state index in [0.717, 1.165) is 13.0 Å². The molecular formula is C10H20N2O2. The van der Waals surface area contributed by atoms with Crippen LogP contribution in [-0.2, 0) is 4.74 Å². The third-order valence-electron chi connectivity index (χ3n) is 2.23. The Morgan fingerprint density at radius 2 is 2.00 bits per heavy atom. The van der Waals surface area contributed by atoms with Crippen LogP contribution in [0.15, 0.2) is 0 Å². The standard InChI is InChI=1S/C10H20N2O2/c1-4-5-11-10(13)12-6-8(2)14-9(3)7-12/h8-9H,4-7H2,1-3H3,(H,11,13)/t8-,9-/m1/s1. The molecule has 1 rings (SSSR count). The maximum absolute atomic E-state index is 11.6. The van der Waals surface area contributed by atoms with Gasteiger partial charge in [0.1, 0.15) is 0 Å². The molecule has 14 heavy (non-hydrogen) atoms. The van der Waals surface area contributed by atoms with E-state index in [2.05, 4.69) is 5.32 Å². The molecule has 0 aromatic carbocycles. The smallest absolute Gasteiger partial charge is 0.317 e. The highest BCUT2D eigenvalue weighted by atomic mass is 16.5. The van der Waals surface area contributed by atoms with Crippen molar-refractivity contribution in [2.24, 2.45) is 0 Å². The molecule has 2 atom stereocenters. The van der Waals surface area contributed by atoms with Crippen molar-refractivity contribution in [1.29, 1.82) is 0 Å². The fourth-order valence-electron chi connectivity index (χ4n) is 1.69. The van der Waals surface area contributed by atoms with Crippen LogP contribution in [0.25, 0.3) is 0 Å². The number of nitrogens with one attached hydrogen (secondary N) is 1. The summed E-state index contributed by atoms with van der Waals surface area (Å²) in [6.07, 6.45) is 1.26. The van der Waals surface area contributed by atoms with Crippen molar-refractivity contribution in [3.8, 4) is 0 Å². The van der Waals surface area contributed by atoms with E-state index in [1.807, 2.05) is 25.7 Å². The van der Waals surface area contributed by atoms with Gasteiger partial charge in [-0.1, -0.05) is 6.92 Å². The summed E-state index contributed by atoms with van der Waals surface area (Å²) >= 11 is 0. The summed E-state index contributed by atoms with van der Waals surface area (Å²) < 4.78 is 5.55. The first-order chi connectivity index (χ1) is 6.63. The first-order valence-electron chi connectivity index (χ1n) is 5.31. The van der Waals surface area contributed by atoms with E-state index < -0.39 is 0 Å². The van der Waals surface area contributed by atoms with Crippen LogP contribution in [0, 0.1) is 0 Å². The lowest BCUT2D eigenvalue weighted by atomic mass is 10.2. The fourth-order valence-corrected chi connectivity index (χ4v) is 1.69. The third kappa shape index (κ3) is 3.18. The van der Waals surface area contributed by atoms with Crippen LogP contribution in [0.1, 0.15) is 27.2 Å². The molecule has 1 aliphatic rings. The monoisotopic (exact) mass is 200 g/mol. The van der Waals surface area contributed by atoms with Crippen molar-refractivity contribution >= 4 is 6.03 Å². The highest BCUT2D eigenvalue weighted by Crippen LogP contribution is 2.10. The van der Waals surface area contributed by atoms with Gasteiger partial charge in [0, 0.05) is 19.6 Å². The van der Waals surface area contributed by atoms with E-state index in [1.165, 1.54) is 0 Å². The van der Waals surface area contributed by atoms with E-state index in [1.54, 1.807) is 0 Å². The van der Waals surface area contributed by atoms with E-state index in [-0.39, 0.29) is 18.2 Å². The predicted molar refractivity (Wildman–Crippen MR) is 55.3 cm³/mol. The Kier molecular flexibility index (Phi) is 4.20. The van der Waals surface area contributed by atoms with Gasteiger partial charge >= 0.3 is 6.03 Å². The molecule has 82 valence electrons. The maximum atomic E-state index is 11.6. The van der Waals surface area contributed by atoms with Crippen LogP contribution in [0.3, 0.4) is 0 Å². The van der Waals surface area contributed by atoms with Crippen LogP contribution in [0.4, 0.5) is 4.79 Å². The molecular weight excluding hydrogens is 180 g/mol. The Labute approximate surface area is 85.6 Å². The summed E-state index contributed by atoms with van der Waals surface area (Å²) in [5.74, 6) is 0. The number of urea groups is 1. The number of rotatable bonds is 2. The summed E-state index contributed by atoms with van der Waals surface area (Å²) in [5, 5.41) is 2.87. The number of ether oxygens (including phenoxy) is 1. The van der Waals surface area contributed by atoms with Gasteiger partial charge in [-0.3, -0.25) is 0 Å². The second kappa shape index (κ2) is 5.20. The van der Waals surface area contributed by atoms with Crippen molar-refractivity contribution in [3.05, 3.63) is 0 Å². The Bertz CT molecular complexity index is 187. The Morgan fingerprint density at radius 1 is 1.43 bits per heavy atom. The van der Waals surface area contributed by atoms with Crippen LogP contribution >= 0.6 is 0 Å². The number of nitrogens with zero attached hydrogens (tertiary/aromatic N) is 1. The van der Waals surface area contributed by atoms with Gasteiger partial charge in [-0.2, -0.15) is 0 Å². The first-order valence-corrected chi connectivity index (χ1v) is 5.31. The first kappa shape index (κ1) is 11.3. The minimum Gasteiger partial charge on any atom is -0.372 e. The molecule has 0 saturated carbocycles. The Hall–Kier alpha value is -0.770.